The molecule has 0 aliphatic rings. The van der Waals surface area contributed by atoms with E-state index in [2.05, 4.69) is 10.3 Å². The van der Waals surface area contributed by atoms with E-state index in [1.54, 1.807) is 17.8 Å². The van der Waals surface area contributed by atoms with Gasteiger partial charge in [-0.25, -0.2) is 18.5 Å². The van der Waals surface area contributed by atoms with Gasteiger partial charge in [0.25, 0.3) is 5.91 Å². The summed E-state index contributed by atoms with van der Waals surface area (Å²) in [6.45, 7) is 3.60. The smallest absolute Gasteiger partial charge is 0.275 e. The van der Waals surface area contributed by atoms with Crippen LogP contribution in [-0.4, -0.2) is 19.3 Å². The Labute approximate surface area is 127 Å². The van der Waals surface area contributed by atoms with Crippen molar-refractivity contribution in [1.82, 2.24) is 4.98 Å². The van der Waals surface area contributed by atoms with Crippen molar-refractivity contribution >= 4 is 33.0 Å². The highest BCUT2D eigenvalue weighted by atomic mass is 32.2. The van der Waals surface area contributed by atoms with Crippen molar-refractivity contribution in [3.63, 3.8) is 0 Å². The molecule has 0 fully saturated rings. The minimum absolute atomic E-state index is 0.0449. The van der Waals surface area contributed by atoms with Crippen molar-refractivity contribution < 1.29 is 13.2 Å². The average molecular weight is 325 g/mol. The van der Waals surface area contributed by atoms with Crippen molar-refractivity contribution in [1.29, 1.82) is 0 Å². The van der Waals surface area contributed by atoms with Crippen molar-refractivity contribution in [3.8, 4) is 0 Å². The fraction of sp³-hybridized carbons (Fsp3) is 0.231. The second-order valence-electron chi connectivity index (χ2n) is 4.50. The average Bonchev–Trinajstić information content (AvgIpc) is 2.93. The predicted octanol–water partition coefficient (Wildman–Crippen LogP) is 1.91. The van der Waals surface area contributed by atoms with E-state index < -0.39 is 10.0 Å². The summed E-state index contributed by atoms with van der Waals surface area (Å²) in [5, 5.41) is 9.58. The zero-order chi connectivity index (χ0) is 15.6. The fourth-order valence-corrected chi connectivity index (χ4v) is 3.13. The molecule has 0 bridgehead atoms. The number of thiazole rings is 1. The molecule has 6 nitrogen and oxygen atoms in total. The molecule has 1 amide bonds. The molecular weight excluding hydrogens is 310 g/mol. The van der Waals surface area contributed by atoms with E-state index in [4.69, 9.17) is 5.14 Å². The van der Waals surface area contributed by atoms with E-state index in [0.717, 1.165) is 0 Å². The molecule has 0 unspecified atom stereocenters. The first kappa shape index (κ1) is 15.6. The molecule has 0 spiro atoms. The van der Waals surface area contributed by atoms with Gasteiger partial charge in [-0.1, -0.05) is 6.92 Å². The van der Waals surface area contributed by atoms with Crippen molar-refractivity contribution in [3.05, 3.63) is 39.8 Å². The van der Waals surface area contributed by atoms with Crippen LogP contribution >= 0.6 is 11.3 Å². The maximum absolute atomic E-state index is 12.1. The normalized spacial score (nSPS) is 11.4. The van der Waals surface area contributed by atoms with Crippen LogP contribution in [0.5, 0.6) is 0 Å². The third-order valence-corrected chi connectivity index (χ3v) is 4.48. The molecule has 2 aromatic rings. The predicted molar refractivity (Wildman–Crippen MR) is 82.0 cm³/mol. The monoisotopic (exact) mass is 325 g/mol. The molecule has 1 heterocycles. The minimum atomic E-state index is -3.77. The highest BCUT2D eigenvalue weighted by Crippen LogP contribution is 2.26. The Morgan fingerprint density at radius 3 is 2.67 bits per heavy atom. The van der Waals surface area contributed by atoms with Gasteiger partial charge in [0.2, 0.25) is 10.0 Å². The summed E-state index contributed by atoms with van der Waals surface area (Å²) in [6, 6.07) is 2.93. The van der Waals surface area contributed by atoms with Crippen LogP contribution in [0.15, 0.2) is 27.9 Å². The Morgan fingerprint density at radius 1 is 1.43 bits per heavy atom. The number of hydrogen-bond acceptors (Lipinski definition) is 5. The number of aromatic nitrogens is 1. The number of rotatable bonds is 4. The highest BCUT2D eigenvalue weighted by Gasteiger charge is 2.16. The van der Waals surface area contributed by atoms with Gasteiger partial charge in [-0.2, -0.15) is 0 Å². The molecule has 8 heteroatoms. The van der Waals surface area contributed by atoms with Crippen molar-refractivity contribution in [2.45, 2.75) is 25.2 Å². The third kappa shape index (κ3) is 3.46. The molecular formula is C13H15N3O3S2. The number of carbonyl (C=O) groups is 1. The van der Waals surface area contributed by atoms with Gasteiger partial charge in [0.05, 0.1) is 10.4 Å². The minimum Gasteiger partial charge on any atom is -0.320 e. The van der Waals surface area contributed by atoms with E-state index in [1.165, 1.54) is 23.5 Å². The number of nitrogens with one attached hydrogen (secondary N) is 1. The van der Waals surface area contributed by atoms with Crippen LogP contribution in [0, 0.1) is 6.92 Å². The Balaban J connectivity index is 2.42. The Hall–Kier alpha value is -1.77. The third-order valence-electron chi connectivity index (χ3n) is 3.00. The van der Waals surface area contributed by atoms with Gasteiger partial charge in [-0.05, 0) is 36.6 Å². The number of aryl methyl sites for hydroxylation is 2. The number of anilines is 1. The lowest BCUT2D eigenvalue weighted by Crippen LogP contribution is -2.17. The maximum Gasteiger partial charge on any atom is 0.275 e. The number of amides is 1. The van der Waals surface area contributed by atoms with E-state index in [0.29, 0.717) is 28.9 Å². The largest absolute Gasteiger partial charge is 0.320 e. The van der Waals surface area contributed by atoms with Crippen molar-refractivity contribution in [2.75, 3.05) is 5.32 Å². The molecule has 0 aliphatic heterocycles. The molecule has 3 N–H and O–H groups in total. The van der Waals surface area contributed by atoms with E-state index >= 15 is 0 Å². The number of benzene rings is 1. The SMILES string of the molecule is CCc1cc(S(N)(=O)=O)cc(C)c1NC(=O)c1cscn1. The number of carbonyl (C=O) groups excluding carboxylic acids is 1. The van der Waals surface area contributed by atoms with Crippen LogP contribution in [-0.2, 0) is 16.4 Å². The molecule has 112 valence electrons. The lowest BCUT2D eigenvalue weighted by Gasteiger charge is -2.14. The van der Waals surface area contributed by atoms with Crippen LogP contribution in [0.4, 0.5) is 5.69 Å². The summed E-state index contributed by atoms with van der Waals surface area (Å²) in [7, 11) is -3.77. The van der Waals surface area contributed by atoms with Crippen LogP contribution in [0.3, 0.4) is 0 Å². The first-order valence-electron chi connectivity index (χ1n) is 6.18. The Kier molecular flexibility index (Phi) is 4.40. The van der Waals surface area contributed by atoms with E-state index in [1.807, 2.05) is 6.92 Å². The Morgan fingerprint density at radius 2 is 2.14 bits per heavy atom. The van der Waals surface area contributed by atoms with E-state index in [-0.39, 0.29) is 10.8 Å². The topological polar surface area (TPSA) is 102 Å². The number of sulfonamides is 1. The summed E-state index contributed by atoms with van der Waals surface area (Å²) in [6.07, 6.45) is 0.566. The van der Waals surface area contributed by atoms with Gasteiger partial charge in [-0.3, -0.25) is 4.79 Å². The van der Waals surface area contributed by atoms with Crippen molar-refractivity contribution in [2.24, 2.45) is 5.14 Å². The fourth-order valence-electron chi connectivity index (χ4n) is 1.95. The Bertz CT molecular complexity index is 768. The lowest BCUT2D eigenvalue weighted by molar-refractivity contribution is 0.102. The molecule has 21 heavy (non-hydrogen) atoms. The number of nitrogens with zero attached hydrogens (tertiary/aromatic N) is 1. The highest BCUT2D eigenvalue weighted by molar-refractivity contribution is 7.89. The molecule has 1 aromatic carbocycles. The second kappa shape index (κ2) is 5.92. The number of nitrogens with two attached hydrogens (primary N) is 1. The van der Waals surface area contributed by atoms with Crippen LogP contribution in [0.2, 0.25) is 0 Å². The number of primary sulfonamides is 1. The van der Waals surface area contributed by atoms with Gasteiger partial charge in [0.1, 0.15) is 5.69 Å². The molecule has 0 aliphatic carbocycles. The molecule has 2 rings (SSSR count). The second-order valence-corrected chi connectivity index (χ2v) is 6.78. The lowest BCUT2D eigenvalue weighted by atomic mass is 10.1. The van der Waals surface area contributed by atoms with Gasteiger partial charge in [-0.15, -0.1) is 11.3 Å². The summed E-state index contributed by atoms with van der Waals surface area (Å²) in [4.78, 5) is 16.1. The zero-order valence-electron chi connectivity index (χ0n) is 11.6. The molecule has 0 saturated carbocycles. The number of hydrogen-bond donors (Lipinski definition) is 2. The first-order valence-corrected chi connectivity index (χ1v) is 8.67. The maximum atomic E-state index is 12.1. The standard InChI is InChI=1S/C13H15N3O3S2/c1-3-9-5-10(21(14,18)19)4-8(2)12(9)16-13(17)11-6-20-7-15-11/h4-7H,3H2,1-2H3,(H,16,17)(H2,14,18,19). The van der Waals surface area contributed by atoms with Gasteiger partial charge in [0.15, 0.2) is 0 Å². The van der Waals surface area contributed by atoms with E-state index in [9.17, 15) is 13.2 Å². The van der Waals surface area contributed by atoms with Crippen LogP contribution in [0.25, 0.3) is 0 Å². The quantitative estimate of drug-likeness (QED) is 0.896. The van der Waals surface area contributed by atoms with Gasteiger partial charge >= 0.3 is 0 Å². The van der Waals surface area contributed by atoms with Gasteiger partial charge < -0.3 is 5.32 Å². The summed E-state index contributed by atoms with van der Waals surface area (Å²) in [5.74, 6) is -0.322. The van der Waals surface area contributed by atoms with Crippen LogP contribution < -0.4 is 10.5 Å². The molecule has 1 aromatic heterocycles. The molecule has 0 radical (unpaired) electrons. The van der Waals surface area contributed by atoms with Crippen LogP contribution in [0.1, 0.15) is 28.5 Å². The summed E-state index contributed by atoms with van der Waals surface area (Å²) >= 11 is 1.33. The van der Waals surface area contributed by atoms with Gasteiger partial charge in [0, 0.05) is 11.1 Å². The molecule has 0 atom stereocenters. The zero-order valence-corrected chi connectivity index (χ0v) is 13.2. The summed E-state index contributed by atoms with van der Waals surface area (Å²) in [5.41, 5.74) is 3.86. The first-order chi connectivity index (χ1) is 9.82. The molecule has 0 saturated heterocycles. The summed E-state index contributed by atoms with van der Waals surface area (Å²) < 4.78 is 22.9.